The van der Waals surface area contributed by atoms with Crippen molar-refractivity contribution >= 4 is 11.0 Å². The van der Waals surface area contributed by atoms with Gasteiger partial charge in [0.05, 0.1) is 11.1 Å². The van der Waals surface area contributed by atoms with Gasteiger partial charge in [0.1, 0.15) is 5.65 Å². The van der Waals surface area contributed by atoms with Crippen molar-refractivity contribution in [2.75, 3.05) is 13.1 Å². The Morgan fingerprint density at radius 2 is 2.05 bits per heavy atom. The van der Waals surface area contributed by atoms with E-state index in [4.69, 9.17) is 0 Å². The molecule has 108 valence electrons. The number of H-pyrrole nitrogens is 1. The van der Waals surface area contributed by atoms with Gasteiger partial charge in [0, 0.05) is 24.8 Å². The lowest BCUT2D eigenvalue weighted by Crippen LogP contribution is -2.31. The maximum atomic E-state index is 12.7. The minimum Gasteiger partial charge on any atom is -0.346 e. The lowest BCUT2D eigenvalue weighted by Gasteiger charge is -2.26. The lowest BCUT2D eigenvalue weighted by atomic mass is 10.1. The highest BCUT2D eigenvalue weighted by Gasteiger charge is 2.16. The standard InChI is InChI=1S/C15H22N4O/c1-3-19-15-13(11(2)17-19)14(20)12(9-16-15)10-18-7-5-4-6-8-18/h9H,3-8,10H2,1-2H3,(H,16,20). The molecule has 0 bridgehead atoms. The average molecular weight is 274 g/mol. The highest BCUT2D eigenvalue weighted by atomic mass is 16.1. The fourth-order valence-corrected chi connectivity index (χ4v) is 3.09. The third kappa shape index (κ3) is 2.26. The Balaban J connectivity index is 1.98. The molecule has 1 aliphatic rings. The van der Waals surface area contributed by atoms with Crippen molar-refractivity contribution in [3.63, 3.8) is 0 Å². The Morgan fingerprint density at radius 1 is 1.30 bits per heavy atom. The minimum absolute atomic E-state index is 0.140. The second-order valence-corrected chi connectivity index (χ2v) is 5.60. The molecule has 0 atom stereocenters. The van der Waals surface area contributed by atoms with Crippen LogP contribution in [0.1, 0.15) is 37.4 Å². The van der Waals surface area contributed by atoms with Gasteiger partial charge < -0.3 is 4.98 Å². The van der Waals surface area contributed by atoms with Gasteiger partial charge in [0.15, 0.2) is 5.43 Å². The van der Waals surface area contributed by atoms with Crippen LogP contribution in [0, 0.1) is 6.92 Å². The number of hydrogen-bond acceptors (Lipinski definition) is 3. The van der Waals surface area contributed by atoms with E-state index in [1.54, 1.807) is 0 Å². The summed E-state index contributed by atoms with van der Waals surface area (Å²) in [6.07, 6.45) is 5.67. The van der Waals surface area contributed by atoms with Crippen molar-refractivity contribution < 1.29 is 0 Å². The molecular formula is C15H22N4O. The van der Waals surface area contributed by atoms with E-state index in [2.05, 4.69) is 15.0 Å². The Morgan fingerprint density at radius 3 is 2.75 bits per heavy atom. The van der Waals surface area contributed by atoms with E-state index in [9.17, 15) is 4.79 Å². The second kappa shape index (κ2) is 5.40. The van der Waals surface area contributed by atoms with Crippen LogP contribution in [0.15, 0.2) is 11.0 Å². The molecule has 2 aromatic heterocycles. The number of piperidine rings is 1. The summed E-state index contributed by atoms with van der Waals surface area (Å²) in [7, 11) is 0. The summed E-state index contributed by atoms with van der Waals surface area (Å²) in [5.74, 6) is 0. The Kier molecular flexibility index (Phi) is 3.61. The fraction of sp³-hybridized carbons (Fsp3) is 0.600. The lowest BCUT2D eigenvalue weighted by molar-refractivity contribution is 0.220. The van der Waals surface area contributed by atoms with Crippen LogP contribution in [0.25, 0.3) is 11.0 Å². The average Bonchev–Trinajstić information content (AvgIpc) is 2.80. The zero-order valence-electron chi connectivity index (χ0n) is 12.3. The van der Waals surface area contributed by atoms with Crippen molar-refractivity contribution in [1.29, 1.82) is 0 Å². The number of rotatable bonds is 3. The van der Waals surface area contributed by atoms with Crippen LogP contribution in [0.3, 0.4) is 0 Å². The van der Waals surface area contributed by atoms with Gasteiger partial charge in [-0.1, -0.05) is 6.42 Å². The number of nitrogens with zero attached hydrogens (tertiary/aromatic N) is 3. The van der Waals surface area contributed by atoms with Gasteiger partial charge >= 0.3 is 0 Å². The molecule has 3 heterocycles. The SMILES string of the molecule is CCn1nc(C)c2c(=O)c(CN3CCCCC3)c[nH]c21. The molecule has 20 heavy (non-hydrogen) atoms. The molecule has 1 fully saturated rings. The molecule has 0 amide bonds. The topological polar surface area (TPSA) is 53.9 Å². The Labute approximate surface area is 118 Å². The van der Waals surface area contributed by atoms with E-state index >= 15 is 0 Å². The first-order valence-electron chi connectivity index (χ1n) is 7.50. The van der Waals surface area contributed by atoms with Crippen LogP contribution in [0.5, 0.6) is 0 Å². The van der Waals surface area contributed by atoms with Crippen LogP contribution in [-0.2, 0) is 13.1 Å². The smallest absolute Gasteiger partial charge is 0.197 e. The summed E-state index contributed by atoms with van der Waals surface area (Å²) in [5, 5.41) is 5.18. The summed E-state index contributed by atoms with van der Waals surface area (Å²) >= 11 is 0. The van der Waals surface area contributed by atoms with E-state index in [1.807, 2.05) is 24.7 Å². The number of aromatic amines is 1. The quantitative estimate of drug-likeness (QED) is 0.932. The number of pyridine rings is 1. The van der Waals surface area contributed by atoms with Crippen molar-refractivity contribution in [2.24, 2.45) is 0 Å². The third-order valence-electron chi connectivity index (χ3n) is 4.17. The molecule has 0 aliphatic carbocycles. The van der Waals surface area contributed by atoms with E-state index in [0.717, 1.165) is 48.5 Å². The van der Waals surface area contributed by atoms with Crippen molar-refractivity contribution in [2.45, 2.75) is 46.2 Å². The van der Waals surface area contributed by atoms with Gasteiger partial charge in [0.2, 0.25) is 0 Å². The number of likely N-dealkylation sites (tertiary alicyclic amines) is 1. The first kappa shape index (κ1) is 13.4. The Bertz CT molecular complexity index is 664. The third-order valence-corrected chi connectivity index (χ3v) is 4.17. The molecule has 2 aromatic rings. The number of hydrogen-bond donors (Lipinski definition) is 1. The number of nitrogens with one attached hydrogen (secondary N) is 1. The normalized spacial score (nSPS) is 16.9. The first-order chi connectivity index (χ1) is 9.70. The largest absolute Gasteiger partial charge is 0.346 e. The predicted molar refractivity (Wildman–Crippen MR) is 79.9 cm³/mol. The summed E-state index contributed by atoms with van der Waals surface area (Å²) in [4.78, 5) is 18.3. The van der Waals surface area contributed by atoms with E-state index in [-0.39, 0.29) is 5.43 Å². The molecule has 0 radical (unpaired) electrons. The van der Waals surface area contributed by atoms with Gasteiger partial charge in [-0.05, 0) is 39.8 Å². The van der Waals surface area contributed by atoms with Crippen LogP contribution >= 0.6 is 0 Å². The Hall–Kier alpha value is -1.62. The molecule has 5 nitrogen and oxygen atoms in total. The highest BCUT2D eigenvalue weighted by Crippen LogP contribution is 2.15. The van der Waals surface area contributed by atoms with Gasteiger partial charge in [-0.2, -0.15) is 5.10 Å². The number of fused-ring (bicyclic) bond motifs is 1. The molecule has 5 heteroatoms. The van der Waals surface area contributed by atoms with Crippen LogP contribution in [0.4, 0.5) is 0 Å². The van der Waals surface area contributed by atoms with Crippen molar-refractivity contribution in [1.82, 2.24) is 19.7 Å². The van der Waals surface area contributed by atoms with Crippen molar-refractivity contribution in [3.05, 3.63) is 27.7 Å². The highest BCUT2D eigenvalue weighted by molar-refractivity contribution is 5.78. The van der Waals surface area contributed by atoms with Crippen LogP contribution < -0.4 is 5.43 Å². The molecule has 3 rings (SSSR count). The zero-order chi connectivity index (χ0) is 14.1. The van der Waals surface area contributed by atoms with Gasteiger partial charge in [0.25, 0.3) is 0 Å². The molecular weight excluding hydrogens is 252 g/mol. The summed E-state index contributed by atoms with van der Waals surface area (Å²) in [6, 6.07) is 0. The van der Waals surface area contributed by atoms with Crippen LogP contribution in [0.2, 0.25) is 0 Å². The molecule has 1 saturated heterocycles. The zero-order valence-corrected chi connectivity index (χ0v) is 12.3. The molecule has 0 spiro atoms. The first-order valence-corrected chi connectivity index (χ1v) is 7.50. The van der Waals surface area contributed by atoms with E-state index in [1.165, 1.54) is 19.3 Å². The fourth-order valence-electron chi connectivity index (χ4n) is 3.09. The number of aromatic nitrogens is 3. The predicted octanol–water partition coefficient (Wildman–Crippen LogP) is 2.04. The van der Waals surface area contributed by atoms with E-state index < -0.39 is 0 Å². The molecule has 0 unspecified atom stereocenters. The van der Waals surface area contributed by atoms with Crippen LogP contribution in [-0.4, -0.2) is 32.8 Å². The molecule has 0 aromatic carbocycles. The van der Waals surface area contributed by atoms with Gasteiger partial charge in [-0.25, -0.2) is 4.68 Å². The summed E-state index contributed by atoms with van der Waals surface area (Å²) in [6.45, 7) is 7.67. The number of aryl methyl sites for hydroxylation is 2. The summed E-state index contributed by atoms with van der Waals surface area (Å²) in [5.41, 5.74) is 2.67. The maximum absolute atomic E-state index is 12.7. The van der Waals surface area contributed by atoms with Gasteiger partial charge in [-0.15, -0.1) is 0 Å². The van der Waals surface area contributed by atoms with Gasteiger partial charge in [-0.3, -0.25) is 9.69 Å². The molecule has 1 N–H and O–H groups in total. The second-order valence-electron chi connectivity index (χ2n) is 5.60. The maximum Gasteiger partial charge on any atom is 0.197 e. The summed E-state index contributed by atoms with van der Waals surface area (Å²) < 4.78 is 1.86. The molecule has 0 saturated carbocycles. The minimum atomic E-state index is 0.140. The van der Waals surface area contributed by atoms with E-state index in [0.29, 0.717) is 0 Å². The van der Waals surface area contributed by atoms with Crippen molar-refractivity contribution in [3.8, 4) is 0 Å². The molecule has 1 aliphatic heterocycles. The monoisotopic (exact) mass is 274 g/mol.